The summed E-state index contributed by atoms with van der Waals surface area (Å²) in [7, 11) is -1.38. The van der Waals surface area contributed by atoms with Crippen LogP contribution in [0.5, 0.6) is 0 Å². The van der Waals surface area contributed by atoms with Crippen LogP contribution in [0, 0.1) is 17.2 Å². The number of thiophene rings is 1. The molecule has 2 rings (SSSR count). The van der Waals surface area contributed by atoms with Crippen molar-refractivity contribution in [1.29, 1.82) is 5.26 Å². The van der Waals surface area contributed by atoms with Gasteiger partial charge in [0.05, 0.1) is 0 Å². The Hall–Kier alpha value is -0.940. The smallest absolute Gasteiger partial charge is 0.250 e. The van der Waals surface area contributed by atoms with Crippen molar-refractivity contribution in [2.45, 2.75) is 17.1 Å². The van der Waals surface area contributed by atoms with Crippen LogP contribution in [0.25, 0.3) is 0 Å². The number of nitrogens with zero attached hydrogens (tertiary/aromatic N) is 2. The highest BCUT2D eigenvalue weighted by atomic mass is 32.2. The van der Waals surface area contributed by atoms with Gasteiger partial charge in [0.1, 0.15) is 15.2 Å². The molecule has 5 nitrogen and oxygen atoms in total. The lowest BCUT2D eigenvalue weighted by atomic mass is 9.98. The second kappa shape index (κ2) is 6.01. The summed E-state index contributed by atoms with van der Waals surface area (Å²) < 4.78 is 27.0. The van der Waals surface area contributed by atoms with Gasteiger partial charge in [0, 0.05) is 6.54 Å². The molecule has 0 atom stereocenters. The number of hydrogen-bond donors (Lipinski definition) is 1. The van der Waals surface area contributed by atoms with Crippen molar-refractivity contribution in [2.24, 2.45) is 5.92 Å². The quantitative estimate of drug-likeness (QED) is 0.908. The van der Waals surface area contributed by atoms with Gasteiger partial charge in [-0.2, -0.15) is 5.26 Å². The Morgan fingerprint density at radius 1 is 1.47 bits per heavy atom. The van der Waals surface area contributed by atoms with E-state index in [9.17, 15) is 8.42 Å². The molecule has 0 aliphatic carbocycles. The second-order valence-corrected chi connectivity index (χ2v) is 7.91. The van der Waals surface area contributed by atoms with Crippen molar-refractivity contribution in [3.63, 3.8) is 0 Å². The molecule has 2 heterocycles. The van der Waals surface area contributed by atoms with Crippen LogP contribution >= 0.6 is 11.3 Å². The third-order valence-electron chi connectivity index (χ3n) is 3.36. The molecule has 0 radical (unpaired) electrons. The highest BCUT2D eigenvalue weighted by Gasteiger charge is 2.21. The Balaban J connectivity index is 1.93. The van der Waals surface area contributed by atoms with Crippen molar-refractivity contribution in [3.05, 3.63) is 17.0 Å². The molecule has 0 spiro atoms. The van der Waals surface area contributed by atoms with Crippen molar-refractivity contribution in [3.8, 4) is 6.07 Å². The lowest BCUT2D eigenvalue weighted by molar-refractivity contribution is 0.220. The van der Waals surface area contributed by atoms with Gasteiger partial charge in [-0.3, -0.25) is 0 Å². The largest absolute Gasteiger partial charge is 0.306 e. The van der Waals surface area contributed by atoms with Gasteiger partial charge in [-0.05, 0) is 51.0 Å². The molecule has 7 heteroatoms. The Bertz CT molecular complexity index is 566. The fraction of sp³-hybridized carbons (Fsp3) is 0.583. The molecule has 1 aromatic heterocycles. The van der Waals surface area contributed by atoms with Crippen LogP contribution in [0.2, 0.25) is 0 Å². The van der Waals surface area contributed by atoms with E-state index < -0.39 is 10.0 Å². The molecule has 0 saturated carbocycles. The summed E-state index contributed by atoms with van der Waals surface area (Å²) in [6.07, 6.45) is 2.04. The first-order valence-corrected chi connectivity index (χ1v) is 8.49. The zero-order chi connectivity index (χ0) is 13.9. The van der Waals surface area contributed by atoms with Crippen molar-refractivity contribution < 1.29 is 8.42 Å². The summed E-state index contributed by atoms with van der Waals surface area (Å²) >= 11 is 1.01. The lowest BCUT2D eigenvalue weighted by Gasteiger charge is -2.28. The first-order chi connectivity index (χ1) is 9.01. The van der Waals surface area contributed by atoms with Gasteiger partial charge in [0.25, 0.3) is 0 Å². The van der Waals surface area contributed by atoms with Gasteiger partial charge in [-0.25, -0.2) is 13.1 Å². The van der Waals surface area contributed by atoms with Crippen LogP contribution in [0.3, 0.4) is 0 Å². The van der Waals surface area contributed by atoms with E-state index in [-0.39, 0.29) is 4.21 Å². The van der Waals surface area contributed by atoms with Crippen LogP contribution < -0.4 is 4.72 Å². The van der Waals surface area contributed by atoms with E-state index in [2.05, 4.69) is 16.7 Å². The monoisotopic (exact) mass is 299 g/mol. The minimum Gasteiger partial charge on any atom is -0.306 e. The molecule has 104 valence electrons. The number of nitrogens with one attached hydrogen (secondary N) is 1. The summed E-state index contributed by atoms with van der Waals surface area (Å²) in [5.74, 6) is 0.404. The van der Waals surface area contributed by atoms with Crippen LogP contribution in [0.15, 0.2) is 16.3 Å². The Morgan fingerprint density at radius 3 is 2.74 bits per heavy atom. The highest BCUT2D eigenvalue weighted by Crippen LogP contribution is 2.21. The number of hydrogen-bond acceptors (Lipinski definition) is 5. The van der Waals surface area contributed by atoms with Crippen LogP contribution in [-0.2, 0) is 10.0 Å². The van der Waals surface area contributed by atoms with Crippen LogP contribution in [-0.4, -0.2) is 40.0 Å². The molecular formula is C12H17N3O2S2. The Morgan fingerprint density at radius 2 is 2.16 bits per heavy atom. The fourth-order valence-electron chi connectivity index (χ4n) is 2.09. The van der Waals surface area contributed by atoms with Crippen molar-refractivity contribution in [2.75, 3.05) is 26.7 Å². The summed E-state index contributed by atoms with van der Waals surface area (Å²) in [4.78, 5) is 2.67. The minimum atomic E-state index is -3.46. The molecule has 0 bridgehead atoms. The van der Waals surface area contributed by atoms with Gasteiger partial charge in [-0.15, -0.1) is 11.3 Å². The molecule has 1 fully saturated rings. The molecule has 1 aliphatic rings. The number of nitriles is 1. The zero-order valence-electron chi connectivity index (χ0n) is 10.8. The van der Waals surface area contributed by atoms with E-state index in [1.165, 1.54) is 12.1 Å². The Labute approximate surface area is 117 Å². The predicted molar refractivity (Wildman–Crippen MR) is 74.4 cm³/mol. The van der Waals surface area contributed by atoms with E-state index in [1.807, 2.05) is 6.07 Å². The highest BCUT2D eigenvalue weighted by molar-refractivity contribution is 7.91. The lowest BCUT2D eigenvalue weighted by Crippen LogP contribution is -2.36. The van der Waals surface area contributed by atoms with Crippen LogP contribution in [0.4, 0.5) is 0 Å². The molecule has 1 N–H and O–H groups in total. The Kier molecular flexibility index (Phi) is 4.58. The molecule has 19 heavy (non-hydrogen) atoms. The molecule has 0 unspecified atom stereocenters. The van der Waals surface area contributed by atoms with Crippen molar-refractivity contribution >= 4 is 21.4 Å². The van der Waals surface area contributed by atoms with Gasteiger partial charge in [0.15, 0.2) is 0 Å². The maximum Gasteiger partial charge on any atom is 0.250 e. The van der Waals surface area contributed by atoms with Crippen molar-refractivity contribution in [1.82, 2.24) is 9.62 Å². The van der Waals surface area contributed by atoms with E-state index in [1.54, 1.807) is 0 Å². The van der Waals surface area contributed by atoms with Gasteiger partial charge >= 0.3 is 0 Å². The van der Waals surface area contributed by atoms with Gasteiger partial charge in [-0.1, -0.05) is 0 Å². The van der Waals surface area contributed by atoms with E-state index in [0.717, 1.165) is 37.3 Å². The maximum absolute atomic E-state index is 12.0. The number of piperidine rings is 1. The summed E-state index contributed by atoms with van der Waals surface area (Å²) in [6, 6.07) is 4.97. The predicted octanol–water partition coefficient (Wildman–Crippen LogP) is 1.24. The van der Waals surface area contributed by atoms with E-state index >= 15 is 0 Å². The van der Waals surface area contributed by atoms with E-state index in [4.69, 9.17) is 5.26 Å². The molecule has 1 aliphatic heterocycles. The molecule has 0 aromatic carbocycles. The third kappa shape index (κ3) is 3.76. The average molecular weight is 299 g/mol. The average Bonchev–Trinajstić information content (AvgIpc) is 2.88. The van der Waals surface area contributed by atoms with E-state index in [0.29, 0.717) is 17.3 Å². The molecule has 0 amide bonds. The number of sulfonamides is 1. The standard InChI is InChI=1S/C12H17N3O2S2/c1-15-6-4-10(5-7-15)9-14-19(16,17)12-3-2-11(8-13)18-12/h2-3,10,14H,4-7,9H2,1H3. The fourth-order valence-corrected chi connectivity index (χ4v) is 4.35. The summed E-state index contributed by atoms with van der Waals surface area (Å²) in [6.45, 7) is 2.52. The summed E-state index contributed by atoms with van der Waals surface area (Å²) in [5, 5.41) is 8.72. The maximum atomic E-state index is 12.0. The first-order valence-electron chi connectivity index (χ1n) is 6.19. The first kappa shape index (κ1) is 14.5. The normalized spacial score (nSPS) is 18.3. The number of likely N-dealkylation sites (tertiary alicyclic amines) is 1. The second-order valence-electron chi connectivity index (χ2n) is 4.83. The van der Waals surface area contributed by atoms with Gasteiger partial charge < -0.3 is 4.90 Å². The third-order valence-corrected chi connectivity index (χ3v) is 6.26. The zero-order valence-corrected chi connectivity index (χ0v) is 12.4. The number of rotatable bonds is 4. The minimum absolute atomic E-state index is 0.219. The SMILES string of the molecule is CN1CCC(CNS(=O)(=O)c2ccc(C#N)s2)CC1. The molecule has 1 saturated heterocycles. The van der Waals surface area contributed by atoms with Gasteiger partial charge in [0.2, 0.25) is 10.0 Å². The van der Waals surface area contributed by atoms with Crippen LogP contribution in [0.1, 0.15) is 17.7 Å². The summed E-state index contributed by atoms with van der Waals surface area (Å²) in [5.41, 5.74) is 0. The molecular weight excluding hydrogens is 282 g/mol. The topological polar surface area (TPSA) is 73.2 Å². The molecule has 1 aromatic rings.